The first-order chi connectivity index (χ1) is 8.81. The summed E-state index contributed by atoms with van der Waals surface area (Å²) in [6.07, 6.45) is 9.27. The van der Waals surface area contributed by atoms with Gasteiger partial charge in [-0.15, -0.1) is 0 Å². The third-order valence-corrected chi connectivity index (χ3v) is 4.58. The molecule has 2 rings (SSSR count). The zero-order chi connectivity index (χ0) is 12.8. The fraction of sp³-hybridized carbons (Fsp3) is 0.933. The van der Waals surface area contributed by atoms with Crippen molar-refractivity contribution in [1.29, 1.82) is 0 Å². The Morgan fingerprint density at radius 3 is 2.89 bits per heavy atom. The van der Waals surface area contributed by atoms with E-state index in [0.717, 1.165) is 44.8 Å². The summed E-state index contributed by atoms with van der Waals surface area (Å²) in [5.41, 5.74) is 0. The van der Waals surface area contributed by atoms with Gasteiger partial charge in [0, 0.05) is 19.0 Å². The standard InChI is InChI=1S/C15H28N2O/c1-2-14-7-3-4-11-17(14)15(18)9-8-13-6-5-10-16-12-13/h13-14,16H,2-12H2,1H3. The number of nitrogens with zero attached hydrogens (tertiary/aromatic N) is 1. The van der Waals surface area contributed by atoms with E-state index in [9.17, 15) is 4.79 Å². The lowest BCUT2D eigenvalue weighted by atomic mass is 9.93. The smallest absolute Gasteiger partial charge is 0.222 e. The number of hydrogen-bond donors (Lipinski definition) is 1. The lowest BCUT2D eigenvalue weighted by molar-refractivity contribution is -0.135. The van der Waals surface area contributed by atoms with Crippen molar-refractivity contribution < 1.29 is 4.79 Å². The molecule has 1 amide bonds. The maximum atomic E-state index is 12.3. The molecule has 0 aromatic rings. The van der Waals surface area contributed by atoms with E-state index >= 15 is 0 Å². The number of carbonyl (C=O) groups excluding carboxylic acids is 1. The van der Waals surface area contributed by atoms with E-state index in [-0.39, 0.29) is 0 Å². The van der Waals surface area contributed by atoms with Crippen molar-refractivity contribution in [2.24, 2.45) is 5.92 Å². The van der Waals surface area contributed by atoms with E-state index in [1.807, 2.05) is 0 Å². The Kier molecular flexibility index (Phi) is 5.48. The SMILES string of the molecule is CCC1CCCCN1C(=O)CCC1CCCNC1. The first-order valence-corrected chi connectivity index (χ1v) is 7.81. The van der Waals surface area contributed by atoms with Gasteiger partial charge in [-0.25, -0.2) is 0 Å². The third kappa shape index (κ3) is 3.71. The molecule has 3 nitrogen and oxygen atoms in total. The molecule has 0 aromatic heterocycles. The van der Waals surface area contributed by atoms with Crippen LogP contribution in [0, 0.1) is 5.92 Å². The van der Waals surface area contributed by atoms with Gasteiger partial charge in [0.05, 0.1) is 0 Å². The Labute approximate surface area is 111 Å². The quantitative estimate of drug-likeness (QED) is 0.834. The summed E-state index contributed by atoms with van der Waals surface area (Å²) in [6.45, 7) is 5.49. The number of amides is 1. The van der Waals surface area contributed by atoms with Gasteiger partial charge in [0.1, 0.15) is 0 Å². The monoisotopic (exact) mass is 252 g/mol. The third-order valence-electron chi connectivity index (χ3n) is 4.58. The fourth-order valence-corrected chi connectivity index (χ4v) is 3.39. The van der Waals surface area contributed by atoms with E-state index in [0.29, 0.717) is 11.9 Å². The zero-order valence-corrected chi connectivity index (χ0v) is 11.8. The molecule has 1 N–H and O–H groups in total. The second kappa shape index (κ2) is 7.13. The van der Waals surface area contributed by atoms with E-state index in [1.54, 1.807) is 0 Å². The molecule has 0 saturated carbocycles. The average molecular weight is 252 g/mol. The van der Waals surface area contributed by atoms with Crippen LogP contribution < -0.4 is 5.32 Å². The molecule has 2 fully saturated rings. The van der Waals surface area contributed by atoms with Crippen molar-refractivity contribution in [2.75, 3.05) is 19.6 Å². The maximum absolute atomic E-state index is 12.3. The Morgan fingerprint density at radius 1 is 1.28 bits per heavy atom. The summed E-state index contributed by atoms with van der Waals surface area (Å²) < 4.78 is 0. The largest absolute Gasteiger partial charge is 0.340 e. The predicted octanol–water partition coefficient (Wildman–Crippen LogP) is 2.56. The summed E-state index contributed by atoms with van der Waals surface area (Å²) in [5.74, 6) is 1.14. The second-order valence-electron chi connectivity index (χ2n) is 5.90. The lowest BCUT2D eigenvalue weighted by Crippen LogP contribution is -2.43. The van der Waals surface area contributed by atoms with Crippen molar-refractivity contribution >= 4 is 5.91 Å². The number of piperidine rings is 2. The lowest BCUT2D eigenvalue weighted by Gasteiger charge is -2.35. The zero-order valence-electron chi connectivity index (χ0n) is 11.8. The summed E-state index contributed by atoms with van der Waals surface area (Å²) >= 11 is 0. The van der Waals surface area contributed by atoms with Crippen LogP contribution in [0.25, 0.3) is 0 Å². The molecule has 2 aliphatic rings. The van der Waals surface area contributed by atoms with Crippen LogP contribution in [-0.4, -0.2) is 36.5 Å². The molecular formula is C15H28N2O. The highest BCUT2D eigenvalue weighted by Gasteiger charge is 2.25. The molecular weight excluding hydrogens is 224 g/mol. The fourth-order valence-electron chi connectivity index (χ4n) is 3.39. The number of carbonyl (C=O) groups is 1. The average Bonchev–Trinajstić information content (AvgIpc) is 2.45. The van der Waals surface area contributed by atoms with E-state index in [2.05, 4.69) is 17.1 Å². The summed E-state index contributed by atoms with van der Waals surface area (Å²) in [7, 11) is 0. The Morgan fingerprint density at radius 2 is 2.17 bits per heavy atom. The second-order valence-corrected chi connectivity index (χ2v) is 5.90. The molecule has 2 unspecified atom stereocenters. The van der Waals surface area contributed by atoms with Gasteiger partial charge in [0.15, 0.2) is 0 Å². The van der Waals surface area contributed by atoms with Gasteiger partial charge < -0.3 is 10.2 Å². The highest BCUT2D eigenvalue weighted by Crippen LogP contribution is 2.22. The summed E-state index contributed by atoms with van der Waals surface area (Å²) in [5, 5.41) is 3.43. The van der Waals surface area contributed by atoms with Crippen LogP contribution in [-0.2, 0) is 4.79 Å². The van der Waals surface area contributed by atoms with Crippen LogP contribution in [0.3, 0.4) is 0 Å². The van der Waals surface area contributed by atoms with Crippen LogP contribution in [0.4, 0.5) is 0 Å². The number of hydrogen-bond acceptors (Lipinski definition) is 2. The minimum atomic E-state index is 0.409. The molecule has 3 heteroatoms. The van der Waals surface area contributed by atoms with Crippen molar-refractivity contribution in [3.8, 4) is 0 Å². The van der Waals surface area contributed by atoms with Crippen molar-refractivity contribution in [2.45, 2.75) is 64.3 Å². The molecule has 2 saturated heterocycles. The van der Waals surface area contributed by atoms with Gasteiger partial charge in [-0.3, -0.25) is 4.79 Å². The molecule has 104 valence electrons. The topological polar surface area (TPSA) is 32.3 Å². The first-order valence-electron chi connectivity index (χ1n) is 7.81. The Balaban J connectivity index is 1.75. The van der Waals surface area contributed by atoms with Crippen molar-refractivity contribution in [1.82, 2.24) is 10.2 Å². The molecule has 0 aliphatic carbocycles. The molecule has 0 radical (unpaired) electrons. The highest BCUT2D eigenvalue weighted by molar-refractivity contribution is 5.76. The number of nitrogens with one attached hydrogen (secondary N) is 1. The molecule has 0 aromatic carbocycles. The normalized spacial score (nSPS) is 29.3. The van der Waals surface area contributed by atoms with Crippen LogP contribution >= 0.6 is 0 Å². The van der Waals surface area contributed by atoms with Crippen LogP contribution in [0.15, 0.2) is 0 Å². The molecule has 0 bridgehead atoms. The van der Waals surface area contributed by atoms with E-state index in [4.69, 9.17) is 0 Å². The molecule has 2 aliphatic heterocycles. The Bertz CT molecular complexity index is 261. The predicted molar refractivity (Wildman–Crippen MR) is 74.5 cm³/mol. The van der Waals surface area contributed by atoms with E-state index < -0.39 is 0 Å². The van der Waals surface area contributed by atoms with E-state index in [1.165, 1.54) is 32.1 Å². The van der Waals surface area contributed by atoms with Crippen molar-refractivity contribution in [3.63, 3.8) is 0 Å². The van der Waals surface area contributed by atoms with Crippen LogP contribution in [0.1, 0.15) is 58.3 Å². The van der Waals surface area contributed by atoms with Gasteiger partial charge in [-0.2, -0.15) is 0 Å². The number of likely N-dealkylation sites (tertiary alicyclic amines) is 1. The van der Waals surface area contributed by atoms with Gasteiger partial charge in [-0.1, -0.05) is 6.92 Å². The first kappa shape index (κ1) is 13.9. The molecule has 2 heterocycles. The van der Waals surface area contributed by atoms with Gasteiger partial charge in [0.2, 0.25) is 5.91 Å². The van der Waals surface area contributed by atoms with Crippen molar-refractivity contribution in [3.05, 3.63) is 0 Å². The maximum Gasteiger partial charge on any atom is 0.222 e. The highest BCUT2D eigenvalue weighted by atomic mass is 16.2. The molecule has 18 heavy (non-hydrogen) atoms. The van der Waals surface area contributed by atoms with Gasteiger partial charge in [0.25, 0.3) is 0 Å². The summed E-state index contributed by atoms with van der Waals surface area (Å²) in [6, 6.07) is 0.524. The van der Waals surface area contributed by atoms with Gasteiger partial charge in [-0.05, 0) is 64.0 Å². The molecule has 2 atom stereocenters. The Hall–Kier alpha value is -0.570. The number of rotatable bonds is 4. The van der Waals surface area contributed by atoms with Crippen LogP contribution in [0.5, 0.6) is 0 Å². The van der Waals surface area contributed by atoms with Crippen LogP contribution in [0.2, 0.25) is 0 Å². The summed E-state index contributed by atoms with van der Waals surface area (Å²) in [4.78, 5) is 14.5. The minimum absolute atomic E-state index is 0.409. The van der Waals surface area contributed by atoms with Gasteiger partial charge >= 0.3 is 0 Å². The molecule has 0 spiro atoms. The minimum Gasteiger partial charge on any atom is -0.340 e.